The highest BCUT2D eigenvalue weighted by molar-refractivity contribution is 7.80. The molecule has 1 unspecified atom stereocenters. The fourth-order valence-corrected chi connectivity index (χ4v) is 4.10. The van der Waals surface area contributed by atoms with Crippen LogP contribution in [-0.4, -0.2) is 38.3 Å². The number of ketones is 1. The quantitative estimate of drug-likeness (QED) is 0.152. The fraction of sp³-hybridized carbons (Fsp3) is 0.500. The zero-order chi connectivity index (χ0) is 25.6. The first-order valence-corrected chi connectivity index (χ1v) is 12.8. The average Bonchev–Trinajstić information content (AvgIpc) is 2.86. The second-order valence-corrected chi connectivity index (χ2v) is 9.61. The predicted molar refractivity (Wildman–Crippen MR) is 145 cm³/mol. The molecule has 0 aliphatic heterocycles. The summed E-state index contributed by atoms with van der Waals surface area (Å²) in [5.74, 6) is 1.09. The Bertz CT molecular complexity index is 918. The van der Waals surface area contributed by atoms with Gasteiger partial charge in [-0.05, 0) is 54.5 Å². The summed E-state index contributed by atoms with van der Waals surface area (Å²) in [5, 5.41) is 3.41. The van der Waals surface area contributed by atoms with Gasteiger partial charge in [0, 0.05) is 23.2 Å². The van der Waals surface area contributed by atoms with Crippen LogP contribution in [0.1, 0.15) is 80.6 Å². The minimum atomic E-state index is -0.178. The number of carbonyl (C=O) groups is 2. The molecule has 2 aromatic rings. The van der Waals surface area contributed by atoms with Crippen LogP contribution < -0.4 is 19.5 Å². The number of hydrogen-bond acceptors (Lipinski definition) is 6. The van der Waals surface area contributed by atoms with E-state index in [1.165, 1.54) is 59.9 Å². The second-order valence-electron chi connectivity index (χ2n) is 8.73. The predicted octanol–water partition coefficient (Wildman–Crippen LogP) is 6.71. The molecule has 35 heavy (non-hydrogen) atoms. The van der Waals surface area contributed by atoms with Crippen molar-refractivity contribution in [1.82, 2.24) is 0 Å². The highest BCUT2D eigenvalue weighted by atomic mass is 32.1. The van der Waals surface area contributed by atoms with Gasteiger partial charge in [-0.25, -0.2) is 0 Å². The lowest BCUT2D eigenvalue weighted by molar-refractivity contribution is -0.116. The maximum absolute atomic E-state index is 13.0. The van der Waals surface area contributed by atoms with E-state index >= 15 is 0 Å². The van der Waals surface area contributed by atoms with Gasteiger partial charge in [0.1, 0.15) is 0 Å². The molecule has 0 bridgehead atoms. The maximum atomic E-state index is 13.0. The molecule has 0 saturated carbocycles. The van der Waals surface area contributed by atoms with Crippen molar-refractivity contribution < 1.29 is 23.8 Å². The van der Waals surface area contributed by atoms with Crippen LogP contribution in [0.15, 0.2) is 36.4 Å². The second kappa shape index (κ2) is 15.4. The van der Waals surface area contributed by atoms with E-state index in [0.717, 1.165) is 12.8 Å². The van der Waals surface area contributed by atoms with Crippen molar-refractivity contribution in [1.29, 1.82) is 0 Å². The maximum Gasteiger partial charge on any atom is 0.224 e. The molecule has 0 spiro atoms. The molecule has 1 N–H and O–H groups in total. The molecule has 0 aromatic heterocycles. The van der Waals surface area contributed by atoms with Gasteiger partial charge < -0.3 is 19.5 Å². The van der Waals surface area contributed by atoms with Crippen molar-refractivity contribution in [2.24, 2.45) is 0 Å². The molecule has 2 rings (SSSR count). The Morgan fingerprint density at radius 2 is 1.34 bits per heavy atom. The minimum absolute atomic E-state index is 0.00327. The van der Waals surface area contributed by atoms with Crippen molar-refractivity contribution in [3.8, 4) is 17.2 Å². The lowest BCUT2D eigenvalue weighted by atomic mass is 10.0. The number of ether oxygens (including phenoxy) is 3. The Morgan fingerprint density at radius 3 is 1.86 bits per heavy atom. The topological polar surface area (TPSA) is 73.9 Å². The molecular formula is C28H39NO5S. The molecule has 1 atom stereocenters. The Morgan fingerprint density at radius 1 is 0.800 bits per heavy atom. The molecule has 0 fully saturated rings. The SMILES string of the molecule is COc1cc(C(=O)c2ccc(NC(=O)CCCCCCCCCC(C)S)cc2)cc(OC)c1OC. The molecule has 7 heteroatoms. The molecule has 0 radical (unpaired) electrons. The first kappa shape index (κ1) is 28.6. The normalized spacial score (nSPS) is 11.6. The number of unbranched alkanes of at least 4 members (excludes halogenated alkanes) is 6. The van der Waals surface area contributed by atoms with Crippen molar-refractivity contribution >= 4 is 30.0 Å². The Balaban J connectivity index is 1.80. The van der Waals surface area contributed by atoms with Gasteiger partial charge in [0.15, 0.2) is 17.3 Å². The monoisotopic (exact) mass is 501 g/mol. The van der Waals surface area contributed by atoms with Crippen LogP contribution in [0.4, 0.5) is 5.69 Å². The van der Waals surface area contributed by atoms with Gasteiger partial charge in [-0.3, -0.25) is 9.59 Å². The average molecular weight is 502 g/mol. The molecule has 192 valence electrons. The number of hydrogen-bond donors (Lipinski definition) is 2. The number of anilines is 1. The van der Waals surface area contributed by atoms with Gasteiger partial charge in [0.25, 0.3) is 0 Å². The number of benzene rings is 2. The summed E-state index contributed by atoms with van der Waals surface area (Å²) in [5.41, 5.74) is 1.60. The summed E-state index contributed by atoms with van der Waals surface area (Å²) < 4.78 is 16.0. The third-order valence-corrected chi connectivity index (χ3v) is 6.14. The number of carbonyl (C=O) groups excluding carboxylic acids is 2. The highest BCUT2D eigenvalue weighted by Crippen LogP contribution is 2.38. The van der Waals surface area contributed by atoms with Crippen molar-refractivity contribution in [2.75, 3.05) is 26.6 Å². The first-order valence-electron chi connectivity index (χ1n) is 12.3. The fourth-order valence-electron chi connectivity index (χ4n) is 3.92. The van der Waals surface area contributed by atoms with Gasteiger partial charge in [0.05, 0.1) is 21.3 Å². The van der Waals surface area contributed by atoms with Crippen LogP contribution in [0.2, 0.25) is 0 Å². The number of methoxy groups -OCH3 is 3. The molecule has 0 heterocycles. The van der Waals surface area contributed by atoms with Crippen LogP contribution in [0.3, 0.4) is 0 Å². The molecular weight excluding hydrogens is 462 g/mol. The summed E-state index contributed by atoms with van der Waals surface area (Å²) >= 11 is 4.41. The van der Waals surface area contributed by atoms with Gasteiger partial charge >= 0.3 is 0 Å². The van der Waals surface area contributed by atoms with Gasteiger partial charge in [-0.1, -0.05) is 45.4 Å². The molecule has 0 aliphatic carbocycles. The minimum Gasteiger partial charge on any atom is -0.493 e. The van der Waals surface area contributed by atoms with Gasteiger partial charge in [-0.15, -0.1) is 0 Å². The van der Waals surface area contributed by atoms with Crippen molar-refractivity contribution in [2.45, 2.75) is 70.0 Å². The zero-order valence-corrected chi connectivity index (χ0v) is 22.3. The Kier molecular flexibility index (Phi) is 12.5. The Labute approximate surface area is 215 Å². The third kappa shape index (κ3) is 9.48. The van der Waals surface area contributed by atoms with Crippen molar-refractivity contribution in [3.63, 3.8) is 0 Å². The smallest absolute Gasteiger partial charge is 0.224 e. The number of amides is 1. The largest absolute Gasteiger partial charge is 0.493 e. The van der Waals surface area contributed by atoms with E-state index in [-0.39, 0.29) is 11.7 Å². The lowest BCUT2D eigenvalue weighted by Crippen LogP contribution is -2.11. The van der Waals surface area contributed by atoms with Crippen LogP contribution in [0.5, 0.6) is 17.2 Å². The van der Waals surface area contributed by atoms with E-state index in [1.54, 1.807) is 36.4 Å². The van der Waals surface area contributed by atoms with Crippen LogP contribution in [0, 0.1) is 0 Å². The van der Waals surface area contributed by atoms with E-state index in [4.69, 9.17) is 14.2 Å². The summed E-state index contributed by atoms with van der Waals surface area (Å²) in [6.45, 7) is 2.14. The summed E-state index contributed by atoms with van der Waals surface area (Å²) in [6, 6.07) is 10.2. The number of nitrogens with one attached hydrogen (secondary N) is 1. The molecule has 1 amide bonds. The van der Waals surface area contributed by atoms with Crippen LogP contribution in [-0.2, 0) is 4.79 Å². The molecule has 2 aromatic carbocycles. The van der Waals surface area contributed by atoms with E-state index in [9.17, 15) is 9.59 Å². The zero-order valence-electron chi connectivity index (χ0n) is 21.4. The van der Waals surface area contributed by atoms with Crippen LogP contribution >= 0.6 is 12.6 Å². The molecule has 6 nitrogen and oxygen atoms in total. The van der Waals surface area contributed by atoms with Gasteiger partial charge in [-0.2, -0.15) is 12.6 Å². The van der Waals surface area contributed by atoms with E-state index in [1.807, 2.05) is 0 Å². The molecule has 0 saturated heterocycles. The number of rotatable bonds is 16. The summed E-state index contributed by atoms with van der Waals surface area (Å²) in [6.07, 6.45) is 9.81. The summed E-state index contributed by atoms with van der Waals surface area (Å²) in [4.78, 5) is 25.3. The van der Waals surface area contributed by atoms with Gasteiger partial charge in [0.2, 0.25) is 11.7 Å². The Hall–Kier alpha value is -2.67. The van der Waals surface area contributed by atoms with E-state index < -0.39 is 0 Å². The first-order chi connectivity index (χ1) is 16.9. The standard InChI is InChI=1S/C28H39NO5S/c1-20(35)12-10-8-6-5-7-9-11-13-26(30)29-23-16-14-21(15-17-23)27(31)22-18-24(32-2)28(34-4)25(19-22)33-3/h14-20,35H,5-13H2,1-4H3,(H,29,30). The highest BCUT2D eigenvalue weighted by Gasteiger charge is 2.18. The number of thiol groups is 1. The summed E-state index contributed by atoms with van der Waals surface area (Å²) in [7, 11) is 4.54. The van der Waals surface area contributed by atoms with E-state index in [2.05, 4.69) is 24.9 Å². The van der Waals surface area contributed by atoms with Crippen LogP contribution in [0.25, 0.3) is 0 Å². The third-order valence-electron chi connectivity index (χ3n) is 5.88. The van der Waals surface area contributed by atoms with Crippen molar-refractivity contribution in [3.05, 3.63) is 47.5 Å². The van der Waals surface area contributed by atoms with E-state index in [0.29, 0.717) is 45.7 Å². The lowest BCUT2D eigenvalue weighted by Gasteiger charge is -2.14. The molecule has 0 aliphatic rings.